The molecular formula is C9H16N4O2S2. The smallest absolute Gasteiger partial charge is 0.215 e. The fraction of sp³-hybridized carbons (Fsp3) is 0.667. The summed E-state index contributed by atoms with van der Waals surface area (Å²) in [5.41, 5.74) is 5.30. The van der Waals surface area contributed by atoms with E-state index in [0.29, 0.717) is 26.2 Å². The molecule has 8 heteroatoms. The number of piperazine rings is 1. The molecule has 1 aromatic heterocycles. The molecule has 0 unspecified atom stereocenters. The second-order valence-electron chi connectivity index (χ2n) is 3.81. The van der Waals surface area contributed by atoms with Crippen LogP contribution in [0.15, 0.2) is 11.6 Å². The van der Waals surface area contributed by atoms with Crippen LogP contribution in [0.2, 0.25) is 0 Å². The first-order valence-electron chi connectivity index (χ1n) is 5.46. The number of rotatable bonds is 4. The van der Waals surface area contributed by atoms with Gasteiger partial charge in [-0.3, -0.25) is 0 Å². The molecule has 1 saturated heterocycles. The lowest BCUT2D eigenvalue weighted by molar-refractivity contribution is 0.385. The van der Waals surface area contributed by atoms with Crippen LogP contribution >= 0.6 is 11.3 Å². The number of anilines is 1. The van der Waals surface area contributed by atoms with Crippen molar-refractivity contribution in [3.05, 3.63) is 11.6 Å². The third kappa shape index (κ3) is 2.95. The Morgan fingerprint density at radius 1 is 1.35 bits per heavy atom. The van der Waals surface area contributed by atoms with Crippen LogP contribution in [0.25, 0.3) is 0 Å². The van der Waals surface area contributed by atoms with Gasteiger partial charge in [-0.15, -0.1) is 11.3 Å². The summed E-state index contributed by atoms with van der Waals surface area (Å²) in [6.07, 6.45) is 1.76. The first-order chi connectivity index (χ1) is 8.13. The second-order valence-corrected chi connectivity index (χ2v) is 6.77. The lowest BCUT2D eigenvalue weighted by Gasteiger charge is -2.33. The highest BCUT2D eigenvalue weighted by Gasteiger charge is 2.26. The van der Waals surface area contributed by atoms with Crippen molar-refractivity contribution in [2.24, 2.45) is 5.73 Å². The monoisotopic (exact) mass is 276 g/mol. The highest BCUT2D eigenvalue weighted by Crippen LogP contribution is 2.19. The van der Waals surface area contributed by atoms with Gasteiger partial charge in [-0.2, -0.15) is 4.31 Å². The normalized spacial score (nSPS) is 18.5. The molecule has 0 radical (unpaired) electrons. The van der Waals surface area contributed by atoms with Crippen LogP contribution in [0.3, 0.4) is 0 Å². The van der Waals surface area contributed by atoms with Gasteiger partial charge in [-0.25, -0.2) is 13.4 Å². The van der Waals surface area contributed by atoms with E-state index in [1.54, 1.807) is 17.5 Å². The molecule has 0 aliphatic carbocycles. The molecule has 0 atom stereocenters. The van der Waals surface area contributed by atoms with Crippen molar-refractivity contribution >= 4 is 26.5 Å². The standard InChI is InChI=1S/C9H16N4O2S2/c10-1-8-17(14,15)13-5-3-12(4-6-13)9-11-2-7-16-9/h2,7H,1,3-6,8,10H2. The Bertz CT molecular complexity index is 438. The molecule has 1 fully saturated rings. The summed E-state index contributed by atoms with van der Waals surface area (Å²) >= 11 is 1.58. The molecule has 0 saturated carbocycles. The van der Waals surface area contributed by atoms with E-state index < -0.39 is 10.0 Å². The van der Waals surface area contributed by atoms with E-state index in [0.717, 1.165) is 5.13 Å². The van der Waals surface area contributed by atoms with Gasteiger partial charge in [0.05, 0.1) is 5.75 Å². The quantitative estimate of drug-likeness (QED) is 0.806. The van der Waals surface area contributed by atoms with Crippen LogP contribution in [-0.2, 0) is 10.0 Å². The van der Waals surface area contributed by atoms with E-state index in [4.69, 9.17) is 5.73 Å². The number of sulfonamides is 1. The molecule has 0 spiro atoms. The minimum absolute atomic E-state index is 0.0320. The largest absolute Gasteiger partial charge is 0.345 e. The van der Waals surface area contributed by atoms with Crippen molar-refractivity contribution in [2.45, 2.75) is 0 Å². The maximum atomic E-state index is 11.8. The molecule has 17 heavy (non-hydrogen) atoms. The van der Waals surface area contributed by atoms with Crippen LogP contribution in [0.5, 0.6) is 0 Å². The molecule has 2 rings (SSSR count). The SMILES string of the molecule is NCCS(=O)(=O)N1CCN(c2nccs2)CC1. The van der Waals surface area contributed by atoms with E-state index in [-0.39, 0.29) is 12.3 Å². The van der Waals surface area contributed by atoms with Crippen LogP contribution in [0.1, 0.15) is 0 Å². The van der Waals surface area contributed by atoms with Crippen LogP contribution in [0.4, 0.5) is 5.13 Å². The average Bonchev–Trinajstić information content (AvgIpc) is 2.82. The molecule has 1 aliphatic heterocycles. The Morgan fingerprint density at radius 3 is 2.59 bits per heavy atom. The van der Waals surface area contributed by atoms with Gasteiger partial charge < -0.3 is 10.6 Å². The van der Waals surface area contributed by atoms with E-state index in [2.05, 4.69) is 9.88 Å². The summed E-state index contributed by atoms with van der Waals surface area (Å²) in [6.45, 7) is 2.59. The maximum Gasteiger partial charge on any atom is 0.215 e. The number of thiazole rings is 1. The number of nitrogens with zero attached hydrogens (tertiary/aromatic N) is 3. The van der Waals surface area contributed by atoms with Gasteiger partial charge in [0.1, 0.15) is 0 Å². The topological polar surface area (TPSA) is 79.5 Å². The molecule has 1 aliphatic rings. The van der Waals surface area contributed by atoms with Crippen molar-refractivity contribution in [1.82, 2.24) is 9.29 Å². The lowest BCUT2D eigenvalue weighted by atomic mass is 10.4. The van der Waals surface area contributed by atoms with Gasteiger partial charge in [-0.1, -0.05) is 0 Å². The fourth-order valence-electron chi connectivity index (χ4n) is 1.81. The Morgan fingerprint density at radius 2 is 2.06 bits per heavy atom. The zero-order valence-electron chi connectivity index (χ0n) is 9.45. The Balaban J connectivity index is 1.94. The third-order valence-corrected chi connectivity index (χ3v) is 5.43. The first-order valence-corrected chi connectivity index (χ1v) is 7.95. The number of aromatic nitrogens is 1. The average molecular weight is 276 g/mol. The highest BCUT2D eigenvalue weighted by molar-refractivity contribution is 7.89. The van der Waals surface area contributed by atoms with Gasteiger partial charge in [0.15, 0.2) is 5.13 Å². The van der Waals surface area contributed by atoms with E-state index in [9.17, 15) is 8.42 Å². The zero-order chi connectivity index (χ0) is 12.3. The number of nitrogens with two attached hydrogens (primary N) is 1. The predicted molar refractivity (Wildman–Crippen MR) is 68.7 cm³/mol. The van der Waals surface area contributed by atoms with Crippen LogP contribution in [0, 0.1) is 0 Å². The predicted octanol–water partition coefficient (Wildman–Crippen LogP) is -0.446. The molecular weight excluding hydrogens is 260 g/mol. The van der Waals surface area contributed by atoms with Gasteiger partial charge in [0.25, 0.3) is 0 Å². The zero-order valence-corrected chi connectivity index (χ0v) is 11.1. The molecule has 0 amide bonds. The van der Waals surface area contributed by atoms with E-state index >= 15 is 0 Å². The molecule has 96 valence electrons. The summed E-state index contributed by atoms with van der Waals surface area (Å²) in [4.78, 5) is 6.33. The minimum atomic E-state index is -3.16. The van der Waals surface area contributed by atoms with Crippen LogP contribution < -0.4 is 10.6 Å². The van der Waals surface area contributed by atoms with Gasteiger partial charge >= 0.3 is 0 Å². The number of hydrogen-bond donors (Lipinski definition) is 1. The first kappa shape index (κ1) is 12.7. The number of hydrogen-bond acceptors (Lipinski definition) is 6. The van der Waals surface area contributed by atoms with Crippen molar-refractivity contribution in [1.29, 1.82) is 0 Å². The molecule has 0 aromatic carbocycles. The van der Waals surface area contributed by atoms with Gasteiger partial charge in [-0.05, 0) is 0 Å². The van der Waals surface area contributed by atoms with E-state index in [1.165, 1.54) is 4.31 Å². The molecule has 2 N–H and O–H groups in total. The lowest BCUT2D eigenvalue weighted by Crippen LogP contribution is -2.49. The van der Waals surface area contributed by atoms with Gasteiger partial charge in [0.2, 0.25) is 10.0 Å². The van der Waals surface area contributed by atoms with Crippen molar-refractivity contribution in [3.8, 4) is 0 Å². The van der Waals surface area contributed by atoms with E-state index in [1.807, 2.05) is 5.38 Å². The minimum Gasteiger partial charge on any atom is -0.345 e. The summed E-state index contributed by atoms with van der Waals surface area (Å²) in [5.74, 6) is 0.0320. The summed E-state index contributed by atoms with van der Waals surface area (Å²) in [5, 5.41) is 2.88. The molecule has 1 aromatic rings. The maximum absolute atomic E-state index is 11.8. The fourth-order valence-corrected chi connectivity index (χ4v) is 3.78. The van der Waals surface area contributed by atoms with Crippen molar-refractivity contribution in [3.63, 3.8) is 0 Å². The van der Waals surface area contributed by atoms with Crippen molar-refractivity contribution in [2.75, 3.05) is 43.4 Å². The Hall–Kier alpha value is -0.700. The third-order valence-electron chi connectivity index (χ3n) is 2.70. The summed E-state index contributed by atoms with van der Waals surface area (Å²) in [7, 11) is -3.16. The van der Waals surface area contributed by atoms with Gasteiger partial charge in [0, 0.05) is 44.3 Å². The molecule has 2 heterocycles. The van der Waals surface area contributed by atoms with Crippen LogP contribution in [-0.4, -0.2) is 56.2 Å². The molecule has 6 nitrogen and oxygen atoms in total. The second kappa shape index (κ2) is 5.30. The summed E-state index contributed by atoms with van der Waals surface area (Å²) < 4.78 is 25.1. The Labute approximate surface area is 105 Å². The Kier molecular flexibility index (Phi) is 3.97. The highest BCUT2D eigenvalue weighted by atomic mass is 32.2. The molecule has 0 bridgehead atoms. The summed E-state index contributed by atoms with van der Waals surface area (Å²) in [6, 6.07) is 0. The van der Waals surface area contributed by atoms with Crippen molar-refractivity contribution < 1.29 is 8.42 Å².